The van der Waals surface area contributed by atoms with E-state index in [9.17, 15) is 0 Å². The average Bonchev–Trinajstić information content (AvgIpc) is 1.61. The predicted molar refractivity (Wildman–Crippen MR) is 32.9 cm³/mol. The zero-order valence-electron chi connectivity index (χ0n) is 4.63. The molecule has 0 aromatic carbocycles. The van der Waals surface area contributed by atoms with E-state index >= 15 is 0 Å². The second-order valence-electron chi connectivity index (χ2n) is 1.81. The van der Waals surface area contributed by atoms with E-state index in [0.29, 0.717) is 0 Å². The molecule has 0 fully saturated rings. The lowest BCUT2D eigenvalue weighted by molar-refractivity contribution is 1.28. The summed E-state index contributed by atoms with van der Waals surface area (Å²) in [5, 5.41) is 3.41. The van der Waals surface area contributed by atoms with Crippen LogP contribution in [0.25, 0.3) is 10.4 Å². The van der Waals surface area contributed by atoms with Gasteiger partial charge in [-0.05, 0) is 5.53 Å². The topological polar surface area (TPSA) is 48.8 Å². The molecule has 0 unspecified atom stereocenters. The van der Waals surface area contributed by atoms with E-state index < -0.39 is 8.80 Å². The van der Waals surface area contributed by atoms with Crippen molar-refractivity contribution in [3.63, 3.8) is 0 Å². The van der Waals surface area contributed by atoms with Crippen LogP contribution in [-0.2, 0) is 0 Å². The van der Waals surface area contributed by atoms with Gasteiger partial charge in [-0.3, -0.25) is 0 Å². The van der Waals surface area contributed by atoms with Crippen molar-refractivity contribution in [1.82, 2.24) is 0 Å². The van der Waals surface area contributed by atoms with Crippen LogP contribution in [0.5, 0.6) is 0 Å². The molecule has 0 saturated heterocycles. The number of azide groups is 1. The summed E-state index contributed by atoms with van der Waals surface area (Å²) < 4.78 is 0. The van der Waals surface area contributed by atoms with Gasteiger partial charge in [0.15, 0.2) is 0 Å². The predicted octanol–water partition coefficient (Wildman–Crippen LogP) is 1.32. The highest BCUT2D eigenvalue weighted by molar-refractivity contribution is 6.55. The second kappa shape index (κ2) is 3.71. The van der Waals surface area contributed by atoms with Gasteiger partial charge in [0.05, 0.1) is 0 Å². The van der Waals surface area contributed by atoms with Gasteiger partial charge in [0.25, 0.3) is 0 Å². The Morgan fingerprint density at radius 1 is 1.71 bits per heavy atom. The molecule has 40 valence electrons. The minimum atomic E-state index is -0.609. The number of nitrogens with zero attached hydrogens (tertiary/aromatic N) is 3. The Morgan fingerprint density at radius 3 is 2.43 bits per heavy atom. The van der Waals surface area contributed by atoms with Crippen LogP contribution in [0.1, 0.15) is 0 Å². The Balaban J connectivity index is 3.13. The molecule has 0 heterocycles. The molecule has 7 heavy (non-hydrogen) atoms. The first kappa shape index (κ1) is 6.53. The van der Waals surface area contributed by atoms with Gasteiger partial charge in [-0.2, -0.15) is 0 Å². The van der Waals surface area contributed by atoms with E-state index in [2.05, 4.69) is 23.1 Å². The summed E-state index contributed by atoms with van der Waals surface area (Å²) in [7, 11) is -0.609. The van der Waals surface area contributed by atoms with Crippen molar-refractivity contribution in [3.8, 4) is 0 Å². The van der Waals surface area contributed by atoms with Crippen LogP contribution in [0, 0.1) is 0 Å². The van der Waals surface area contributed by atoms with Crippen molar-refractivity contribution in [1.29, 1.82) is 0 Å². The molecule has 0 amide bonds. The van der Waals surface area contributed by atoms with Crippen LogP contribution in [0.2, 0.25) is 13.1 Å². The molecule has 4 heteroatoms. The summed E-state index contributed by atoms with van der Waals surface area (Å²) in [6.45, 7) is 4.30. The van der Waals surface area contributed by atoms with E-state index in [-0.39, 0.29) is 0 Å². The van der Waals surface area contributed by atoms with Gasteiger partial charge in [-0.15, -0.1) is 0 Å². The fourth-order valence-electron chi connectivity index (χ4n) is 0.200. The summed E-state index contributed by atoms with van der Waals surface area (Å²) in [4.78, 5) is 2.64. The fraction of sp³-hybridized carbons (Fsp3) is 1.00. The van der Waals surface area contributed by atoms with Crippen molar-refractivity contribution in [3.05, 3.63) is 10.4 Å². The first-order valence-corrected chi connectivity index (χ1v) is 5.41. The minimum Gasteiger partial charge on any atom is -0.0972 e. The molecule has 0 aromatic heterocycles. The normalized spacial score (nSPS) is 8.43. The molecule has 0 aliphatic carbocycles. The summed E-state index contributed by atoms with van der Waals surface area (Å²) in [5.74, 6) is 0. The van der Waals surface area contributed by atoms with Gasteiger partial charge < -0.3 is 0 Å². The maximum absolute atomic E-state index is 7.80. The van der Waals surface area contributed by atoms with Crippen LogP contribution in [-0.4, -0.2) is 15.0 Å². The molecule has 0 spiro atoms. The molecule has 0 radical (unpaired) electrons. The van der Waals surface area contributed by atoms with Crippen LogP contribution >= 0.6 is 0 Å². The Hall–Kier alpha value is -0.473. The van der Waals surface area contributed by atoms with E-state index in [1.165, 1.54) is 0 Å². The van der Waals surface area contributed by atoms with Crippen LogP contribution in [0.3, 0.4) is 0 Å². The Kier molecular flexibility index (Phi) is 3.46. The lowest BCUT2D eigenvalue weighted by Gasteiger charge is -1.88. The first-order valence-electron chi connectivity index (χ1n) is 2.28. The van der Waals surface area contributed by atoms with E-state index in [1.807, 2.05) is 0 Å². The summed E-state index contributed by atoms with van der Waals surface area (Å²) in [6, 6.07) is 0. The van der Waals surface area contributed by atoms with Crippen molar-refractivity contribution in [2.75, 3.05) is 6.17 Å². The molecule has 0 N–H and O–H groups in total. The zero-order chi connectivity index (χ0) is 5.70. The maximum atomic E-state index is 7.80. The monoisotopic (exact) mass is 115 g/mol. The lowest BCUT2D eigenvalue weighted by atomic mass is 11.5. The minimum absolute atomic E-state index is 0.609. The van der Waals surface area contributed by atoms with Crippen LogP contribution in [0.4, 0.5) is 0 Å². The van der Waals surface area contributed by atoms with Gasteiger partial charge in [-0.25, -0.2) is 0 Å². The smallest absolute Gasteiger partial charge is 0.0377 e. The Morgan fingerprint density at radius 2 is 2.29 bits per heavy atom. The molecule has 0 aliphatic rings. The highest BCUT2D eigenvalue weighted by Crippen LogP contribution is 1.79. The third-order valence-corrected chi connectivity index (χ3v) is 1.40. The molecule has 0 bridgehead atoms. The molecule has 0 aromatic rings. The molecular formula is C3H9N3Si. The second-order valence-corrected chi connectivity index (χ2v) is 4.96. The Bertz CT molecular complexity index is 84.2. The van der Waals surface area contributed by atoms with Crippen molar-refractivity contribution in [2.45, 2.75) is 13.1 Å². The van der Waals surface area contributed by atoms with E-state index in [0.717, 1.165) is 6.17 Å². The summed E-state index contributed by atoms with van der Waals surface area (Å²) in [5.41, 5.74) is 7.80. The standard InChI is InChI=1S/C3H9N3Si/c1-7(2)3-5-6-4/h7H,3H2,1-2H3. The largest absolute Gasteiger partial charge is 0.0972 e. The summed E-state index contributed by atoms with van der Waals surface area (Å²) in [6.07, 6.45) is 0.747. The molecule has 0 aliphatic heterocycles. The summed E-state index contributed by atoms with van der Waals surface area (Å²) >= 11 is 0. The molecule has 3 nitrogen and oxygen atoms in total. The van der Waals surface area contributed by atoms with Gasteiger partial charge in [0.2, 0.25) is 0 Å². The van der Waals surface area contributed by atoms with Crippen LogP contribution in [0.15, 0.2) is 5.11 Å². The van der Waals surface area contributed by atoms with E-state index in [4.69, 9.17) is 5.53 Å². The highest BCUT2D eigenvalue weighted by Gasteiger charge is 1.87. The zero-order valence-corrected chi connectivity index (χ0v) is 5.78. The molecular weight excluding hydrogens is 106 g/mol. The molecule has 0 saturated carbocycles. The molecule has 0 rings (SSSR count). The number of hydrogen-bond donors (Lipinski definition) is 0. The highest BCUT2D eigenvalue weighted by atomic mass is 28.3. The maximum Gasteiger partial charge on any atom is 0.0377 e. The third kappa shape index (κ3) is 5.53. The average molecular weight is 115 g/mol. The Labute approximate surface area is 44.6 Å². The number of rotatable bonds is 2. The molecule has 0 atom stereocenters. The lowest BCUT2D eigenvalue weighted by Crippen LogP contribution is -2.03. The quantitative estimate of drug-likeness (QED) is 0.225. The van der Waals surface area contributed by atoms with Crippen molar-refractivity contribution < 1.29 is 0 Å². The van der Waals surface area contributed by atoms with Gasteiger partial charge >= 0.3 is 0 Å². The van der Waals surface area contributed by atoms with Crippen molar-refractivity contribution in [2.24, 2.45) is 5.11 Å². The van der Waals surface area contributed by atoms with Gasteiger partial charge in [-0.1, -0.05) is 18.2 Å². The van der Waals surface area contributed by atoms with Crippen LogP contribution < -0.4 is 0 Å². The fourth-order valence-corrected chi connectivity index (χ4v) is 0.599. The van der Waals surface area contributed by atoms with Gasteiger partial charge in [0, 0.05) is 19.9 Å². The first-order chi connectivity index (χ1) is 3.27. The van der Waals surface area contributed by atoms with Crippen molar-refractivity contribution >= 4 is 8.80 Å². The van der Waals surface area contributed by atoms with Gasteiger partial charge in [0.1, 0.15) is 0 Å². The number of hydrogen-bond acceptors (Lipinski definition) is 1. The SMILES string of the molecule is C[SiH](C)CN=[N+]=[N-]. The third-order valence-electron chi connectivity index (χ3n) is 0.510. The van der Waals surface area contributed by atoms with E-state index in [1.54, 1.807) is 0 Å².